The molecule has 0 bridgehead atoms. The number of nitrogens with one attached hydrogen (secondary N) is 1. The van der Waals surface area contributed by atoms with Crippen LogP contribution in [0.25, 0.3) is 10.6 Å². The van der Waals surface area contributed by atoms with E-state index in [9.17, 15) is 9.59 Å². The zero-order valence-electron chi connectivity index (χ0n) is 16.7. The van der Waals surface area contributed by atoms with E-state index < -0.39 is 11.6 Å². The molecular formula is C22H21BrN2O4S. The summed E-state index contributed by atoms with van der Waals surface area (Å²) in [5.74, 6) is -0.767. The lowest BCUT2D eigenvalue weighted by molar-refractivity contribution is -0.152. The van der Waals surface area contributed by atoms with Crippen molar-refractivity contribution in [3.05, 3.63) is 69.1 Å². The first-order chi connectivity index (χ1) is 14.2. The number of halogens is 1. The number of rotatable bonds is 7. The molecule has 1 amide bonds. The molecule has 0 aliphatic heterocycles. The molecule has 3 aromatic rings. The van der Waals surface area contributed by atoms with E-state index in [1.54, 1.807) is 24.3 Å². The molecule has 0 atom stereocenters. The van der Waals surface area contributed by atoms with Crippen molar-refractivity contribution in [3.8, 4) is 16.3 Å². The van der Waals surface area contributed by atoms with Gasteiger partial charge in [-0.1, -0.05) is 40.2 Å². The number of carbonyl (C=O) groups excluding carboxylic acids is 1. The molecule has 0 aliphatic carbocycles. The van der Waals surface area contributed by atoms with Gasteiger partial charge < -0.3 is 15.2 Å². The van der Waals surface area contributed by atoms with Crippen LogP contribution in [-0.2, 0) is 11.3 Å². The second-order valence-corrected chi connectivity index (χ2v) is 9.10. The van der Waals surface area contributed by atoms with Gasteiger partial charge in [0, 0.05) is 16.6 Å². The van der Waals surface area contributed by atoms with Crippen LogP contribution in [0.15, 0.2) is 53.0 Å². The molecule has 0 fully saturated rings. The molecule has 8 heteroatoms. The zero-order valence-corrected chi connectivity index (χ0v) is 19.1. The van der Waals surface area contributed by atoms with Crippen LogP contribution < -0.4 is 10.1 Å². The number of carboxylic acids is 1. The Morgan fingerprint density at radius 2 is 1.77 bits per heavy atom. The molecule has 6 nitrogen and oxygen atoms in total. The van der Waals surface area contributed by atoms with Crippen LogP contribution in [0.4, 0.5) is 0 Å². The van der Waals surface area contributed by atoms with Gasteiger partial charge in [0.15, 0.2) is 5.60 Å². The number of carboxylic acid groups (broad SMARTS) is 1. The zero-order chi connectivity index (χ0) is 21.9. The maximum atomic E-state index is 12.6. The van der Waals surface area contributed by atoms with E-state index in [0.717, 1.165) is 20.6 Å². The first-order valence-corrected chi connectivity index (χ1v) is 10.8. The summed E-state index contributed by atoms with van der Waals surface area (Å²) in [5.41, 5.74) is 1.21. The highest BCUT2D eigenvalue weighted by Gasteiger charge is 2.29. The maximum Gasteiger partial charge on any atom is 0.347 e. The van der Waals surface area contributed by atoms with Gasteiger partial charge in [0.2, 0.25) is 0 Å². The summed E-state index contributed by atoms with van der Waals surface area (Å²) < 4.78 is 6.47. The third-order valence-corrected chi connectivity index (χ3v) is 6.09. The van der Waals surface area contributed by atoms with E-state index in [0.29, 0.717) is 22.9 Å². The van der Waals surface area contributed by atoms with Crippen molar-refractivity contribution in [2.45, 2.75) is 32.9 Å². The van der Waals surface area contributed by atoms with Gasteiger partial charge in [0.05, 0.1) is 5.69 Å². The third-order valence-electron chi connectivity index (χ3n) is 4.36. The smallest absolute Gasteiger partial charge is 0.347 e. The number of hydrogen-bond acceptors (Lipinski definition) is 5. The van der Waals surface area contributed by atoms with Gasteiger partial charge in [0.1, 0.15) is 15.6 Å². The van der Waals surface area contributed by atoms with Gasteiger partial charge in [0.25, 0.3) is 5.91 Å². The molecule has 30 heavy (non-hydrogen) atoms. The lowest BCUT2D eigenvalue weighted by Crippen LogP contribution is -2.37. The summed E-state index contributed by atoms with van der Waals surface area (Å²) in [6, 6.07) is 14.8. The van der Waals surface area contributed by atoms with Gasteiger partial charge in [-0.05, 0) is 50.6 Å². The summed E-state index contributed by atoms with van der Waals surface area (Å²) in [5, 5.41) is 12.8. The molecule has 1 heterocycles. The Morgan fingerprint density at radius 1 is 1.13 bits per heavy atom. The monoisotopic (exact) mass is 488 g/mol. The fraction of sp³-hybridized carbons (Fsp3) is 0.227. The number of amides is 1. The average Bonchev–Trinajstić information content (AvgIpc) is 3.09. The first-order valence-electron chi connectivity index (χ1n) is 9.18. The number of thiazole rings is 1. The molecule has 0 saturated heterocycles. The van der Waals surface area contributed by atoms with Crippen molar-refractivity contribution in [3.63, 3.8) is 0 Å². The van der Waals surface area contributed by atoms with Gasteiger partial charge in [-0.15, -0.1) is 11.3 Å². The number of carbonyl (C=O) groups is 2. The van der Waals surface area contributed by atoms with E-state index in [4.69, 9.17) is 9.84 Å². The molecule has 2 N–H and O–H groups in total. The molecule has 0 spiro atoms. The minimum absolute atomic E-state index is 0.180. The van der Waals surface area contributed by atoms with Gasteiger partial charge in [-0.25, -0.2) is 9.78 Å². The molecule has 0 saturated carbocycles. The van der Waals surface area contributed by atoms with Crippen LogP contribution in [0, 0.1) is 6.92 Å². The highest BCUT2D eigenvalue weighted by atomic mass is 79.9. The van der Waals surface area contributed by atoms with Crippen molar-refractivity contribution in [2.24, 2.45) is 0 Å². The fourth-order valence-electron chi connectivity index (χ4n) is 2.60. The number of hydrogen-bond donors (Lipinski definition) is 2. The van der Waals surface area contributed by atoms with Crippen LogP contribution in [0.1, 0.15) is 34.8 Å². The highest BCUT2D eigenvalue weighted by Crippen LogP contribution is 2.29. The fourth-order valence-corrected chi connectivity index (χ4v) is 3.85. The lowest BCUT2D eigenvalue weighted by atomic mass is 10.1. The Balaban J connectivity index is 1.63. The van der Waals surface area contributed by atoms with Crippen molar-refractivity contribution in [1.29, 1.82) is 0 Å². The third kappa shape index (κ3) is 5.25. The van der Waals surface area contributed by atoms with E-state index in [-0.39, 0.29) is 5.91 Å². The van der Waals surface area contributed by atoms with Crippen LogP contribution in [0.3, 0.4) is 0 Å². The number of aryl methyl sites for hydroxylation is 1. The number of aliphatic carboxylic acids is 1. The second kappa shape index (κ2) is 8.97. The first kappa shape index (κ1) is 22.0. The summed E-state index contributed by atoms with van der Waals surface area (Å²) in [6.07, 6.45) is 0. The predicted molar refractivity (Wildman–Crippen MR) is 120 cm³/mol. The van der Waals surface area contributed by atoms with E-state index in [2.05, 4.69) is 26.2 Å². The molecule has 0 unspecified atom stereocenters. The van der Waals surface area contributed by atoms with Crippen molar-refractivity contribution in [2.75, 3.05) is 0 Å². The molecule has 0 radical (unpaired) electrons. The summed E-state index contributed by atoms with van der Waals surface area (Å²) in [6.45, 7) is 5.14. The normalized spacial score (nSPS) is 11.2. The van der Waals surface area contributed by atoms with Crippen LogP contribution >= 0.6 is 27.3 Å². The lowest BCUT2D eigenvalue weighted by Gasteiger charge is -2.21. The molecule has 1 aromatic heterocycles. The van der Waals surface area contributed by atoms with Gasteiger partial charge in [-0.3, -0.25) is 4.79 Å². The number of nitrogens with zero attached hydrogens (tertiary/aromatic N) is 1. The molecule has 2 aromatic carbocycles. The molecule has 156 valence electrons. The Kier molecular flexibility index (Phi) is 6.58. The van der Waals surface area contributed by atoms with Crippen molar-refractivity contribution >= 4 is 39.1 Å². The Bertz CT molecular complexity index is 1060. The second-order valence-electron chi connectivity index (χ2n) is 7.18. The van der Waals surface area contributed by atoms with Gasteiger partial charge >= 0.3 is 5.97 Å². The molecule has 0 aliphatic rings. The molecule has 3 rings (SSSR count). The van der Waals surface area contributed by atoms with Gasteiger partial charge in [-0.2, -0.15) is 0 Å². The minimum Gasteiger partial charge on any atom is -0.478 e. The minimum atomic E-state index is -1.31. The van der Waals surface area contributed by atoms with E-state index in [1.165, 1.54) is 25.2 Å². The van der Waals surface area contributed by atoms with Crippen LogP contribution in [0.2, 0.25) is 0 Å². The number of ether oxygens (including phenoxy) is 1. The Hall–Kier alpha value is -2.71. The quantitative estimate of drug-likeness (QED) is 0.485. The van der Waals surface area contributed by atoms with Crippen molar-refractivity contribution < 1.29 is 19.4 Å². The topological polar surface area (TPSA) is 88.5 Å². The Morgan fingerprint density at radius 3 is 2.37 bits per heavy atom. The average molecular weight is 489 g/mol. The maximum absolute atomic E-state index is 12.6. The Labute approximate surface area is 187 Å². The van der Waals surface area contributed by atoms with E-state index in [1.807, 2.05) is 31.2 Å². The standard InChI is InChI=1S/C22H21BrN2O4S/c1-13-18(30-20(25-13)15-6-8-16(23)9-7-15)19(26)24-12-14-4-10-17(11-5-14)29-22(2,3)21(27)28/h4-11H,12H2,1-3H3,(H,24,26)(H,27,28). The number of benzene rings is 2. The van der Waals surface area contributed by atoms with Crippen LogP contribution in [-0.4, -0.2) is 27.6 Å². The molecular weight excluding hydrogens is 468 g/mol. The highest BCUT2D eigenvalue weighted by molar-refractivity contribution is 9.10. The summed E-state index contributed by atoms with van der Waals surface area (Å²) in [7, 11) is 0. The SMILES string of the molecule is Cc1nc(-c2ccc(Br)cc2)sc1C(=O)NCc1ccc(OC(C)(C)C(=O)O)cc1. The van der Waals surface area contributed by atoms with Crippen molar-refractivity contribution in [1.82, 2.24) is 10.3 Å². The largest absolute Gasteiger partial charge is 0.478 e. The summed E-state index contributed by atoms with van der Waals surface area (Å²) >= 11 is 4.77. The predicted octanol–water partition coefficient (Wildman–Crippen LogP) is 5.05. The summed E-state index contributed by atoms with van der Waals surface area (Å²) in [4.78, 5) is 28.9. The van der Waals surface area contributed by atoms with E-state index >= 15 is 0 Å². The van der Waals surface area contributed by atoms with Crippen LogP contribution in [0.5, 0.6) is 5.75 Å². The number of aromatic nitrogens is 1.